The molecule has 2 aromatic rings. The summed E-state index contributed by atoms with van der Waals surface area (Å²) in [7, 11) is 0. The van der Waals surface area contributed by atoms with Crippen LogP contribution in [0.3, 0.4) is 0 Å². The first-order chi connectivity index (χ1) is 9.11. The minimum Gasteiger partial charge on any atom is -0.461 e. The van der Waals surface area contributed by atoms with Crippen LogP contribution >= 0.6 is 0 Å². The van der Waals surface area contributed by atoms with E-state index in [4.69, 9.17) is 10.5 Å². The number of nitrogen functional groups attached to an aromatic ring is 1. The smallest absolute Gasteiger partial charge is 0.357 e. The number of ether oxygens (including phenoxy) is 1. The van der Waals surface area contributed by atoms with Crippen molar-refractivity contribution in [3.63, 3.8) is 0 Å². The quantitative estimate of drug-likeness (QED) is 0.855. The first kappa shape index (κ1) is 12.9. The van der Waals surface area contributed by atoms with E-state index in [-0.39, 0.29) is 24.1 Å². The maximum atomic E-state index is 12.9. The number of halogens is 1. The molecule has 0 saturated carbocycles. The largest absolute Gasteiger partial charge is 0.461 e. The molecule has 0 unspecified atom stereocenters. The van der Waals surface area contributed by atoms with Crippen molar-refractivity contribution in [2.24, 2.45) is 0 Å². The van der Waals surface area contributed by atoms with Gasteiger partial charge in [-0.25, -0.2) is 19.2 Å². The molecule has 0 fully saturated rings. The molecule has 6 heteroatoms. The SMILES string of the molecule is CCOC(=O)c1nc(N)ncc1-c1ccc(F)cc1. The molecule has 0 aliphatic rings. The zero-order chi connectivity index (χ0) is 13.8. The number of rotatable bonds is 3. The van der Waals surface area contributed by atoms with E-state index in [2.05, 4.69) is 9.97 Å². The molecule has 0 saturated heterocycles. The molecule has 2 N–H and O–H groups in total. The van der Waals surface area contributed by atoms with E-state index < -0.39 is 5.97 Å². The molecule has 0 aliphatic heterocycles. The number of benzene rings is 1. The van der Waals surface area contributed by atoms with Gasteiger partial charge >= 0.3 is 5.97 Å². The van der Waals surface area contributed by atoms with Gasteiger partial charge in [0.1, 0.15) is 5.82 Å². The van der Waals surface area contributed by atoms with Gasteiger partial charge in [-0.15, -0.1) is 0 Å². The molecule has 98 valence electrons. The van der Waals surface area contributed by atoms with Gasteiger partial charge in [0.05, 0.1) is 6.61 Å². The van der Waals surface area contributed by atoms with Gasteiger partial charge in [0, 0.05) is 11.8 Å². The van der Waals surface area contributed by atoms with Gasteiger partial charge in [0.2, 0.25) is 5.95 Å². The topological polar surface area (TPSA) is 78.1 Å². The molecule has 5 nitrogen and oxygen atoms in total. The fourth-order valence-corrected chi connectivity index (χ4v) is 1.59. The Morgan fingerprint density at radius 2 is 2.05 bits per heavy atom. The molecule has 0 spiro atoms. The van der Waals surface area contributed by atoms with Crippen LogP contribution in [-0.4, -0.2) is 22.5 Å². The summed E-state index contributed by atoms with van der Waals surface area (Å²) in [5.74, 6) is -0.970. The maximum Gasteiger partial charge on any atom is 0.357 e. The van der Waals surface area contributed by atoms with Crippen LogP contribution in [0.15, 0.2) is 30.5 Å². The summed E-state index contributed by atoms with van der Waals surface area (Å²) in [5.41, 5.74) is 6.61. The van der Waals surface area contributed by atoms with E-state index in [1.807, 2.05) is 0 Å². The predicted molar refractivity (Wildman–Crippen MR) is 67.8 cm³/mol. The van der Waals surface area contributed by atoms with Crippen LogP contribution in [0.25, 0.3) is 11.1 Å². The monoisotopic (exact) mass is 261 g/mol. The highest BCUT2D eigenvalue weighted by Gasteiger charge is 2.17. The van der Waals surface area contributed by atoms with Gasteiger partial charge in [-0.3, -0.25) is 0 Å². The molecule has 2 rings (SSSR count). The Bertz CT molecular complexity index is 599. The lowest BCUT2D eigenvalue weighted by atomic mass is 10.1. The summed E-state index contributed by atoms with van der Waals surface area (Å²) in [5, 5.41) is 0. The lowest BCUT2D eigenvalue weighted by Crippen LogP contribution is -2.11. The van der Waals surface area contributed by atoms with Crippen LogP contribution in [0.4, 0.5) is 10.3 Å². The van der Waals surface area contributed by atoms with Crippen molar-refractivity contribution in [3.8, 4) is 11.1 Å². The molecular formula is C13H12FN3O2. The van der Waals surface area contributed by atoms with E-state index >= 15 is 0 Å². The summed E-state index contributed by atoms with van der Waals surface area (Å²) in [6, 6.07) is 5.65. The highest BCUT2D eigenvalue weighted by atomic mass is 19.1. The van der Waals surface area contributed by atoms with E-state index in [1.54, 1.807) is 6.92 Å². The second kappa shape index (κ2) is 5.43. The number of nitrogens with two attached hydrogens (primary N) is 1. The van der Waals surface area contributed by atoms with Crippen molar-refractivity contribution >= 4 is 11.9 Å². The third kappa shape index (κ3) is 2.85. The van der Waals surface area contributed by atoms with Crippen molar-refractivity contribution < 1.29 is 13.9 Å². The minimum absolute atomic E-state index is 0.0195. The first-order valence-corrected chi connectivity index (χ1v) is 5.67. The summed E-state index contributed by atoms with van der Waals surface area (Å²) in [6.07, 6.45) is 1.42. The summed E-state index contributed by atoms with van der Waals surface area (Å²) in [6.45, 7) is 1.92. The molecule has 1 aromatic heterocycles. The number of carbonyl (C=O) groups excluding carboxylic acids is 1. The number of nitrogens with zero attached hydrogens (tertiary/aromatic N) is 2. The fourth-order valence-electron chi connectivity index (χ4n) is 1.59. The zero-order valence-corrected chi connectivity index (χ0v) is 10.3. The Labute approximate surface area is 109 Å². The van der Waals surface area contributed by atoms with Crippen LogP contribution in [0.2, 0.25) is 0 Å². The molecule has 0 amide bonds. The third-order valence-corrected chi connectivity index (χ3v) is 2.43. The Kier molecular flexibility index (Phi) is 3.70. The Hall–Kier alpha value is -2.50. The van der Waals surface area contributed by atoms with Crippen LogP contribution in [-0.2, 0) is 4.74 Å². The second-order valence-corrected chi connectivity index (χ2v) is 3.72. The summed E-state index contributed by atoms with van der Waals surface area (Å²) >= 11 is 0. The minimum atomic E-state index is -0.587. The van der Waals surface area contributed by atoms with Crippen molar-refractivity contribution in [2.45, 2.75) is 6.92 Å². The normalized spacial score (nSPS) is 10.2. The Morgan fingerprint density at radius 3 is 2.68 bits per heavy atom. The molecule has 0 atom stereocenters. The fraction of sp³-hybridized carbons (Fsp3) is 0.154. The van der Waals surface area contributed by atoms with E-state index in [1.165, 1.54) is 30.5 Å². The molecule has 19 heavy (non-hydrogen) atoms. The number of esters is 1. The third-order valence-electron chi connectivity index (χ3n) is 2.43. The van der Waals surface area contributed by atoms with Gasteiger partial charge < -0.3 is 10.5 Å². The molecule has 0 bridgehead atoms. The van der Waals surface area contributed by atoms with E-state index in [9.17, 15) is 9.18 Å². The zero-order valence-electron chi connectivity index (χ0n) is 10.3. The van der Waals surface area contributed by atoms with Gasteiger partial charge in [-0.1, -0.05) is 12.1 Å². The highest BCUT2D eigenvalue weighted by Crippen LogP contribution is 2.23. The molecule has 1 aromatic carbocycles. The average Bonchev–Trinajstić information content (AvgIpc) is 2.40. The van der Waals surface area contributed by atoms with Crippen molar-refractivity contribution in [1.82, 2.24) is 9.97 Å². The van der Waals surface area contributed by atoms with Gasteiger partial charge in [0.15, 0.2) is 5.69 Å². The Morgan fingerprint density at radius 1 is 1.37 bits per heavy atom. The lowest BCUT2D eigenvalue weighted by molar-refractivity contribution is 0.0520. The number of hydrogen-bond donors (Lipinski definition) is 1. The molecular weight excluding hydrogens is 249 g/mol. The van der Waals surface area contributed by atoms with Crippen LogP contribution in [0.1, 0.15) is 17.4 Å². The van der Waals surface area contributed by atoms with Gasteiger partial charge in [0.25, 0.3) is 0 Å². The lowest BCUT2D eigenvalue weighted by Gasteiger charge is -2.08. The second-order valence-electron chi connectivity index (χ2n) is 3.72. The Balaban J connectivity index is 2.50. The van der Waals surface area contributed by atoms with E-state index in [0.29, 0.717) is 11.1 Å². The standard InChI is InChI=1S/C13H12FN3O2/c1-2-19-12(18)11-10(7-16-13(15)17-11)8-3-5-9(14)6-4-8/h3-7H,2H2,1H3,(H2,15,16,17). The van der Waals surface area contributed by atoms with Crippen LogP contribution in [0, 0.1) is 5.82 Å². The highest BCUT2D eigenvalue weighted by molar-refractivity contribution is 5.95. The van der Waals surface area contributed by atoms with Crippen molar-refractivity contribution in [1.29, 1.82) is 0 Å². The number of hydrogen-bond acceptors (Lipinski definition) is 5. The molecule has 1 heterocycles. The van der Waals surface area contributed by atoms with Crippen molar-refractivity contribution in [2.75, 3.05) is 12.3 Å². The van der Waals surface area contributed by atoms with Crippen LogP contribution < -0.4 is 5.73 Å². The number of aromatic nitrogens is 2. The molecule has 0 aliphatic carbocycles. The number of anilines is 1. The molecule has 0 radical (unpaired) electrons. The first-order valence-electron chi connectivity index (χ1n) is 5.67. The average molecular weight is 261 g/mol. The summed E-state index contributed by atoms with van der Waals surface area (Å²) in [4.78, 5) is 19.6. The van der Waals surface area contributed by atoms with Gasteiger partial charge in [-0.2, -0.15) is 0 Å². The van der Waals surface area contributed by atoms with Crippen LogP contribution in [0.5, 0.6) is 0 Å². The predicted octanol–water partition coefficient (Wildman–Crippen LogP) is 2.04. The summed E-state index contributed by atoms with van der Waals surface area (Å²) < 4.78 is 17.8. The number of carbonyl (C=O) groups is 1. The maximum absolute atomic E-state index is 12.9. The van der Waals surface area contributed by atoms with E-state index in [0.717, 1.165) is 0 Å². The van der Waals surface area contributed by atoms with Gasteiger partial charge in [-0.05, 0) is 24.6 Å². The van der Waals surface area contributed by atoms with Crippen molar-refractivity contribution in [3.05, 3.63) is 42.0 Å².